The van der Waals surface area contributed by atoms with E-state index in [9.17, 15) is 4.79 Å². The molecule has 0 radical (unpaired) electrons. The highest BCUT2D eigenvalue weighted by Crippen LogP contribution is 2.34. The topological polar surface area (TPSA) is 71.3 Å². The normalized spacial score (nSPS) is 29.2. The number of benzene rings is 1. The van der Waals surface area contributed by atoms with Crippen LogP contribution in [0.1, 0.15) is 11.5 Å². The first-order chi connectivity index (χ1) is 8.78. The summed E-state index contributed by atoms with van der Waals surface area (Å²) in [5, 5.41) is 11.5. The lowest BCUT2D eigenvalue weighted by atomic mass is 9.90. The number of amides is 1. The summed E-state index contributed by atoms with van der Waals surface area (Å²) in [6, 6.07) is 11.6. The van der Waals surface area contributed by atoms with E-state index < -0.39 is 18.4 Å². The number of carbonyl (C=O) groups is 1. The molecule has 1 N–H and O–H groups in total. The molecule has 2 aliphatic heterocycles. The van der Waals surface area contributed by atoms with Gasteiger partial charge >= 0.3 is 6.09 Å². The average molecular weight is 242 g/mol. The third-order valence-electron chi connectivity index (χ3n) is 3.04. The summed E-state index contributed by atoms with van der Waals surface area (Å²) in [7, 11) is 0. The van der Waals surface area contributed by atoms with Gasteiger partial charge < -0.3 is 9.47 Å². The van der Waals surface area contributed by atoms with Crippen molar-refractivity contribution >= 4 is 6.09 Å². The van der Waals surface area contributed by atoms with Crippen molar-refractivity contribution in [3.8, 4) is 6.07 Å². The minimum absolute atomic E-state index is 0.168. The Bertz CT molecular complexity index is 547. The molecule has 3 rings (SSSR count). The zero-order valence-electron chi connectivity index (χ0n) is 9.37. The molecule has 3 atom stereocenters. The maximum atomic E-state index is 11.3. The van der Waals surface area contributed by atoms with Gasteiger partial charge in [0.05, 0.1) is 0 Å². The highest BCUT2D eigenvalue weighted by Gasteiger charge is 2.44. The minimum Gasteiger partial charge on any atom is -0.457 e. The molecule has 2 aliphatic rings. The van der Waals surface area contributed by atoms with Gasteiger partial charge in [0.1, 0.15) is 6.07 Å². The summed E-state index contributed by atoms with van der Waals surface area (Å²) >= 11 is 0. The largest absolute Gasteiger partial charge is 0.457 e. The Balaban J connectivity index is 2.00. The Labute approximate surface area is 104 Å². The second-order valence-electron chi connectivity index (χ2n) is 4.13. The predicted octanol–water partition coefficient (Wildman–Crippen LogP) is 1.64. The molecule has 0 unspecified atom stereocenters. The van der Waals surface area contributed by atoms with Crippen molar-refractivity contribution < 1.29 is 14.3 Å². The number of hydrogen-bond acceptors (Lipinski definition) is 4. The van der Waals surface area contributed by atoms with Crippen molar-refractivity contribution in [3.05, 3.63) is 47.7 Å². The summed E-state index contributed by atoms with van der Waals surface area (Å²) in [6.07, 6.45) is 0.148. The third kappa shape index (κ3) is 1.68. The van der Waals surface area contributed by atoms with Gasteiger partial charge in [-0.25, -0.2) is 4.79 Å². The van der Waals surface area contributed by atoms with Crippen molar-refractivity contribution in [2.45, 2.75) is 18.2 Å². The maximum Gasteiger partial charge on any atom is 0.410 e. The van der Waals surface area contributed by atoms with Gasteiger partial charge in [0.15, 0.2) is 11.9 Å². The van der Waals surface area contributed by atoms with Crippen LogP contribution in [-0.2, 0) is 9.47 Å². The van der Waals surface area contributed by atoms with Crippen LogP contribution in [0.25, 0.3) is 0 Å². The van der Waals surface area contributed by atoms with Gasteiger partial charge in [-0.2, -0.15) is 5.26 Å². The molecule has 0 bridgehead atoms. The Morgan fingerprint density at radius 2 is 2.00 bits per heavy atom. The molecule has 0 aliphatic carbocycles. The number of hydrogen-bond donors (Lipinski definition) is 1. The molecule has 90 valence electrons. The highest BCUT2D eigenvalue weighted by molar-refractivity contribution is 5.70. The van der Waals surface area contributed by atoms with Gasteiger partial charge in [-0.15, -0.1) is 0 Å². The zero-order valence-corrected chi connectivity index (χ0v) is 9.37. The van der Waals surface area contributed by atoms with Crippen molar-refractivity contribution in [1.29, 1.82) is 5.26 Å². The molecule has 0 aromatic heterocycles. The smallest absolute Gasteiger partial charge is 0.410 e. The van der Waals surface area contributed by atoms with Crippen LogP contribution in [0.3, 0.4) is 0 Å². The van der Waals surface area contributed by atoms with Crippen molar-refractivity contribution in [2.75, 3.05) is 0 Å². The van der Waals surface area contributed by atoms with Gasteiger partial charge in [-0.05, 0) is 11.6 Å². The fourth-order valence-electron chi connectivity index (χ4n) is 2.23. The van der Waals surface area contributed by atoms with E-state index in [1.54, 1.807) is 6.08 Å². The lowest BCUT2D eigenvalue weighted by Gasteiger charge is -2.28. The lowest BCUT2D eigenvalue weighted by molar-refractivity contribution is 0.0130. The molecule has 1 saturated heterocycles. The summed E-state index contributed by atoms with van der Waals surface area (Å²) in [5.41, 5.74) is 0.986. The Morgan fingerprint density at radius 1 is 1.22 bits per heavy atom. The van der Waals surface area contributed by atoms with Crippen LogP contribution in [-0.4, -0.2) is 18.4 Å². The number of nitrogens with zero attached hydrogens (tertiary/aromatic N) is 1. The van der Waals surface area contributed by atoms with E-state index in [0.29, 0.717) is 0 Å². The molecular weight excluding hydrogens is 232 g/mol. The SMILES string of the molecule is N#CC1=C[C@H](c2ccccc2)[C@H]2OC(=O)N[C@@H]2O1. The average Bonchev–Trinajstić information content (AvgIpc) is 2.78. The van der Waals surface area contributed by atoms with E-state index in [0.717, 1.165) is 5.56 Å². The Morgan fingerprint density at radius 3 is 2.72 bits per heavy atom. The number of rotatable bonds is 1. The van der Waals surface area contributed by atoms with Crippen LogP contribution in [0.5, 0.6) is 0 Å². The molecule has 1 amide bonds. The molecule has 5 nitrogen and oxygen atoms in total. The molecule has 0 spiro atoms. The molecular formula is C13H10N2O3. The number of nitriles is 1. The number of carbonyl (C=O) groups excluding carboxylic acids is 1. The standard InChI is InChI=1S/C13H10N2O3/c14-7-9-6-10(8-4-2-1-3-5-8)11-12(17-9)15-13(16)18-11/h1-6,10-12H,(H,15,16)/t10-,11-,12-/m1/s1. The molecule has 5 heteroatoms. The van der Waals surface area contributed by atoms with Crippen LogP contribution in [0.15, 0.2) is 42.2 Å². The van der Waals surface area contributed by atoms with E-state index in [-0.39, 0.29) is 11.7 Å². The fraction of sp³-hybridized carbons (Fsp3) is 0.231. The number of ether oxygens (including phenoxy) is 2. The Kier molecular flexibility index (Phi) is 2.41. The monoisotopic (exact) mass is 242 g/mol. The van der Waals surface area contributed by atoms with Gasteiger partial charge in [0, 0.05) is 5.92 Å². The lowest BCUT2D eigenvalue weighted by Crippen LogP contribution is -2.39. The Hall–Kier alpha value is -2.48. The molecule has 0 saturated carbocycles. The van der Waals surface area contributed by atoms with E-state index in [2.05, 4.69) is 5.32 Å². The molecule has 1 aromatic carbocycles. The van der Waals surface area contributed by atoms with Crippen LogP contribution in [0.2, 0.25) is 0 Å². The molecule has 1 fully saturated rings. The van der Waals surface area contributed by atoms with Gasteiger partial charge in [0.2, 0.25) is 6.23 Å². The van der Waals surface area contributed by atoms with E-state index in [1.807, 2.05) is 36.4 Å². The second kappa shape index (κ2) is 4.08. The first-order valence-electron chi connectivity index (χ1n) is 5.58. The number of fused-ring (bicyclic) bond motifs is 1. The van der Waals surface area contributed by atoms with Crippen molar-refractivity contribution in [3.63, 3.8) is 0 Å². The first kappa shape index (κ1) is 10.7. The molecule has 1 aromatic rings. The van der Waals surface area contributed by atoms with Crippen LogP contribution < -0.4 is 5.32 Å². The number of allylic oxidation sites excluding steroid dienone is 1. The maximum absolute atomic E-state index is 11.3. The minimum atomic E-state index is -0.595. The quantitative estimate of drug-likeness (QED) is 0.812. The second-order valence-corrected chi connectivity index (χ2v) is 4.13. The summed E-state index contributed by atoms with van der Waals surface area (Å²) in [5.74, 6) is 0.0365. The summed E-state index contributed by atoms with van der Waals surface area (Å²) in [6.45, 7) is 0. The third-order valence-corrected chi connectivity index (χ3v) is 3.04. The summed E-state index contributed by atoms with van der Waals surface area (Å²) in [4.78, 5) is 11.3. The van der Waals surface area contributed by atoms with Crippen molar-refractivity contribution in [1.82, 2.24) is 5.32 Å². The highest BCUT2D eigenvalue weighted by atomic mass is 16.6. The molecule has 18 heavy (non-hydrogen) atoms. The van der Waals surface area contributed by atoms with Crippen LogP contribution in [0, 0.1) is 11.3 Å². The zero-order chi connectivity index (χ0) is 12.5. The molecule has 2 heterocycles. The van der Waals surface area contributed by atoms with Crippen molar-refractivity contribution in [2.24, 2.45) is 0 Å². The predicted molar refractivity (Wildman–Crippen MR) is 61.2 cm³/mol. The number of alkyl carbamates (subject to hydrolysis) is 1. The fourth-order valence-corrected chi connectivity index (χ4v) is 2.23. The van der Waals surface area contributed by atoms with Crippen LogP contribution in [0.4, 0.5) is 4.79 Å². The summed E-state index contributed by atoms with van der Waals surface area (Å²) < 4.78 is 10.5. The van der Waals surface area contributed by atoms with E-state index in [1.165, 1.54) is 0 Å². The first-order valence-corrected chi connectivity index (χ1v) is 5.58. The van der Waals surface area contributed by atoms with Gasteiger partial charge in [-0.1, -0.05) is 30.3 Å². The van der Waals surface area contributed by atoms with E-state index in [4.69, 9.17) is 14.7 Å². The van der Waals surface area contributed by atoms with E-state index >= 15 is 0 Å². The van der Waals surface area contributed by atoms with Crippen LogP contribution >= 0.6 is 0 Å². The number of nitrogens with one attached hydrogen (secondary N) is 1. The van der Waals surface area contributed by atoms with Gasteiger partial charge in [0.25, 0.3) is 0 Å². The van der Waals surface area contributed by atoms with Gasteiger partial charge in [-0.3, -0.25) is 5.32 Å².